The highest BCUT2D eigenvalue weighted by atomic mass is 35.5. The van der Waals surface area contributed by atoms with Gasteiger partial charge in [-0.3, -0.25) is 19.1 Å². The average molecular weight is 434 g/mol. The molecule has 1 rings (SSSR count). The molecule has 0 N–H and O–H groups in total. The molecule has 0 fully saturated rings. The molecule has 156 valence electrons. The number of methoxy groups -OCH3 is 2. The number of hydrogen-bond donors (Lipinski definition) is 0. The Kier molecular flexibility index (Phi) is 10.4. The van der Waals surface area contributed by atoms with Crippen molar-refractivity contribution in [1.29, 1.82) is 0 Å². The fraction of sp³-hybridized carbons (Fsp3) is 0.500. The molecule has 0 spiro atoms. The number of rotatable bonds is 11. The van der Waals surface area contributed by atoms with Gasteiger partial charge in [-0.25, -0.2) is 0 Å². The van der Waals surface area contributed by atoms with Crippen molar-refractivity contribution in [3.63, 3.8) is 0 Å². The molecule has 0 aliphatic rings. The molecular formula is C18H25ClNO7P. The van der Waals surface area contributed by atoms with Crippen LogP contribution in [0.25, 0.3) is 0 Å². The van der Waals surface area contributed by atoms with Crippen molar-refractivity contribution in [3.8, 4) is 0 Å². The fourth-order valence-electron chi connectivity index (χ4n) is 2.43. The van der Waals surface area contributed by atoms with Gasteiger partial charge in [0, 0.05) is 11.2 Å². The second kappa shape index (κ2) is 12.0. The Labute approximate surface area is 169 Å². The summed E-state index contributed by atoms with van der Waals surface area (Å²) >= 11 is 5.97. The maximum Gasteiger partial charge on any atom is 0.355 e. The summed E-state index contributed by atoms with van der Waals surface area (Å²) in [4.78, 5) is 28.5. The minimum Gasteiger partial charge on any atom is -0.469 e. The van der Waals surface area contributed by atoms with Crippen molar-refractivity contribution in [2.24, 2.45) is 10.9 Å². The molecule has 0 aromatic heterocycles. The number of carbonyl (C=O) groups excluding carboxylic acids is 2. The molecule has 0 aliphatic heterocycles. The zero-order chi connectivity index (χ0) is 21.2. The van der Waals surface area contributed by atoms with Gasteiger partial charge < -0.3 is 18.5 Å². The molecule has 0 bridgehead atoms. The molecular weight excluding hydrogens is 409 g/mol. The van der Waals surface area contributed by atoms with Gasteiger partial charge in [-0.1, -0.05) is 23.7 Å². The van der Waals surface area contributed by atoms with Crippen LogP contribution >= 0.6 is 19.2 Å². The summed E-state index contributed by atoms with van der Waals surface area (Å²) < 4.78 is 33.6. The minimum atomic E-state index is -3.91. The Morgan fingerprint density at radius 2 is 1.82 bits per heavy atom. The van der Waals surface area contributed by atoms with E-state index in [1.165, 1.54) is 13.3 Å². The highest BCUT2D eigenvalue weighted by Crippen LogP contribution is 2.56. The number of ether oxygens (including phenoxy) is 2. The summed E-state index contributed by atoms with van der Waals surface area (Å²) in [7, 11) is -1.56. The summed E-state index contributed by atoms with van der Waals surface area (Å²) in [6, 6.07) is 6.78. The first-order chi connectivity index (χ1) is 13.3. The minimum absolute atomic E-state index is 0.0621. The van der Waals surface area contributed by atoms with Crippen molar-refractivity contribution >= 4 is 37.3 Å². The van der Waals surface area contributed by atoms with Crippen molar-refractivity contribution in [1.82, 2.24) is 0 Å². The van der Waals surface area contributed by atoms with Crippen molar-refractivity contribution < 1.29 is 32.7 Å². The number of esters is 2. The molecule has 10 heteroatoms. The van der Waals surface area contributed by atoms with E-state index in [0.717, 1.165) is 7.11 Å². The van der Waals surface area contributed by atoms with E-state index in [2.05, 4.69) is 9.73 Å². The average Bonchev–Trinajstić information content (AvgIpc) is 2.66. The van der Waals surface area contributed by atoms with Gasteiger partial charge in [-0.05, 0) is 31.5 Å². The molecule has 0 saturated heterocycles. The molecule has 0 heterocycles. The van der Waals surface area contributed by atoms with Crippen LogP contribution in [0.1, 0.15) is 25.8 Å². The Balaban J connectivity index is 3.43. The van der Waals surface area contributed by atoms with Crippen LogP contribution in [0, 0.1) is 5.92 Å². The number of hydrogen-bond acceptors (Lipinski definition) is 8. The van der Waals surface area contributed by atoms with Crippen LogP contribution in [0.4, 0.5) is 0 Å². The highest BCUT2D eigenvalue weighted by molar-refractivity contribution is 7.54. The van der Waals surface area contributed by atoms with E-state index < -0.39 is 37.7 Å². The summed E-state index contributed by atoms with van der Waals surface area (Å²) in [5, 5.41) is 0.484. The van der Waals surface area contributed by atoms with E-state index in [4.69, 9.17) is 25.4 Å². The largest absolute Gasteiger partial charge is 0.469 e. The fourth-order valence-corrected chi connectivity index (χ4v) is 4.63. The number of nitrogens with zero attached hydrogens (tertiary/aromatic N) is 1. The predicted molar refractivity (Wildman–Crippen MR) is 106 cm³/mol. The first-order valence-electron chi connectivity index (χ1n) is 8.63. The standard InChI is InChI=1S/C18H25ClNO7P/c1-5-26-28(23,27-6-2)17(15(18(22)25-4)11-16(21)24-3)20-12-13-8-7-9-14(19)10-13/h7-10,12,15,17H,5-6,11H2,1-4H3/b20-12+. The Hall–Kier alpha value is -1.73. The van der Waals surface area contributed by atoms with Gasteiger partial charge in [-0.15, -0.1) is 0 Å². The smallest absolute Gasteiger partial charge is 0.355 e. The Morgan fingerprint density at radius 1 is 1.18 bits per heavy atom. The summed E-state index contributed by atoms with van der Waals surface area (Å²) in [5.41, 5.74) is 0.610. The summed E-state index contributed by atoms with van der Waals surface area (Å²) in [5.74, 6) is -3.99. The first-order valence-corrected chi connectivity index (χ1v) is 10.6. The summed E-state index contributed by atoms with van der Waals surface area (Å²) in [6.07, 6.45) is 0.999. The molecule has 1 aromatic rings. The van der Waals surface area contributed by atoms with Gasteiger partial charge >= 0.3 is 19.5 Å². The second-order valence-electron chi connectivity index (χ2n) is 5.53. The van der Waals surface area contributed by atoms with E-state index in [0.29, 0.717) is 10.6 Å². The van der Waals surface area contributed by atoms with Gasteiger partial charge in [0.1, 0.15) is 5.92 Å². The second-order valence-corrected chi connectivity index (χ2v) is 8.09. The Morgan fingerprint density at radius 3 is 2.32 bits per heavy atom. The van der Waals surface area contributed by atoms with E-state index in [-0.39, 0.29) is 13.2 Å². The molecule has 0 radical (unpaired) electrons. The molecule has 8 nitrogen and oxygen atoms in total. The van der Waals surface area contributed by atoms with Gasteiger partial charge in [-0.2, -0.15) is 0 Å². The van der Waals surface area contributed by atoms with Crippen molar-refractivity contribution in [3.05, 3.63) is 34.9 Å². The van der Waals surface area contributed by atoms with Gasteiger partial charge in [0.05, 0.1) is 33.9 Å². The SMILES string of the molecule is CCOP(=O)(OCC)C(/N=C/c1cccc(Cl)c1)C(CC(=O)OC)C(=O)OC. The zero-order valence-corrected chi connectivity index (χ0v) is 17.9. The number of halogens is 1. The lowest BCUT2D eigenvalue weighted by Crippen LogP contribution is -2.32. The molecule has 2 atom stereocenters. The van der Waals surface area contributed by atoms with Crippen LogP contribution in [-0.2, 0) is 32.7 Å². The quantitative estimate of drug-likeness (QED) is 0.298. The van der Waals surface area contributed by atoms with Gasteiger partial charge in [0.2, 0.25) is 0 Å². The van der Waals surface area contributed by atoms with Gasteiger partial charge in [0.15, 0.2) is 5.78 Å². The third-order valence-corrected chi connectivity index (χ3v) is 6.26. The van der Waals surface area contributed by atoms with E-state index in [1.807, 2.05) is 0 Å². The molecule has 0 aliphatic carbocycles. The molecule has 0 saturated carbocycles. The van der Waals surface area contributed by atoms with Crippen LogP contribution in [0.15, 0.2) is 29.3 Å². The van der Waals surface area contributed by atoms with Crippen LogP contribution in [0.2, 0.25) is 5.02 Å². The van der Waals surface area contributed by atoms with Crippen molar-refractivity contribution in [2.45, 2.75) is 26.1 Å². The predicted octanol–water partition coefficient (Wildman–Crippen LogP) is 3.70. The highest BCUT2D eigenvalue weighted by Gasteiger charge is 2.46. The monoisotopic (exact) mass is 433 g/mol. The van der Waals surface area contributed by atoms with E-state index in [1.54, 1.807) is 38.1 Å². The molecule has 28 heavy (non-hydrogen) atoms. The maximum atomic E-state index is 13.4. The lowest BCUT2D eigenvalue weighted by molar-refractivity contribution is -0.152. The molecule has 2 unspecified atom stereocenters. The molecule has 1 aromatic carbocycles. The first kappa shape index (κ1) is 24.3. The normalized spacial score (nSPS) is 13.9. The topological polar surface area (TPSA) is 100 Å². The zero-order valence-electron chi connectivity index (χ0n) is 16.3. The maximum absolute atomic E-state index is 13.4. The third-order valence-electron chi connectivity index (χ3n) is 3.65. The Bertz CT molecular complexity index is 730. The van der Waals surface area contributed by atoms with Crippen LogP contribution in [-0.4, -0.2) is 51.4 Å². The summed E-state index contributed by atoms with van der Waals surface area (Å²) in [6.45, 7) is 3.40. The lowest BCUT2D eigenvalue weighted by atomic mass is 10.1. The number of carbonyl (C=O) groups is 2. The molecule has 0 amide bonds. The van der Waals surface area contributed by atoms with E-state index >= 15 is 0 Å². The van der Waals surface area contributed by atoms with E-state index in [9.17, 15) is 14.2 Å². The van der Waals surface area contributed by atoms with Crippen LogP contribution < -0.4 is 0 Å². The van der Waals surface area contributed by atoms with Gasteiger partial charge in [0.25, 0.3) is 0 Å². The lowest BCUT2D eigenvalue weighted by Gasteiger charge is -2.28. The number of benzene rings is 1. The third kappa shape index (κ3) is 7.02. The van der Waals surface area contributed by atoms with Crippen LogP contribution in [0.3, 0.4) is 0 Å². The number of aliphatic imine (C=N–C) groups is 1. The van der Waals surface area contributed by atoms with Crippen molar-refractivity contribution in [2.75, 3.05) is 27.4 Å². The van der Waals surface area contributed by atoms with Crippen LogP contribution in [0.5, 0.6) is 0 Å².